The second kappa shape index (κ2) is 9.04. The Kier molecular flexibility index (Phi) is 7.34. The van der Waals surface area contributed by atoms with Gasteiger partial charge in [0.1, 0.15) is 6.61 Å². The van der Waals surface area contributed by atoms with E-state index in [9.17, 15) is 9.59 Å². The van der Waals surface area contributed by atoms with E-state index < -0.39 is 12.0 Å². The number of nitrogens with one attached hydrogen (secondary N) is 2. The lowest BCUT2D eigenvalue weighted by Crippen LogP contribution is -2.30. The van der Waals surface area contributed by atoms with Gasteiger partial charge < -0.3 is 25.2 Å². The van der Waals surface area contributed by atoms with Gasteiger partial charge in [-0.05, 0) is 12.1 Å². The fourth-order valence-corrected chi connectivity index (χ4v) is 1.66. The molecule has 0 spiro atoms. The summed E-state index contributed by atoms with van der Waals surface area (Å²) in [4.78, 5) is 22.0. The van der Waals surface area contributed by atoms with Crippen LogP contribution < -0.4 is 15.4 Å². The Morgan fingerprint density at radius 1 is 1.33 bits per heavy atom. The normalized spacial score (nSPS) is 10.0. The molecule has 0 radical (unpaired) electrons. The number of methoxy groups -OCH3 is 1. The van der Waals surface area contributed by atoms with E-state index in [1.54, 1.807) is 25.3 Å². The van der Waals surface area contributed by atoms with Crippen molar-refractivity contribution in [2.24, 2.45) is 0 Å². The lowest BCUT2D eigenvalue weighted by molar-refractivity contribution is -0.136. The van der Waals surface area contributed by atoms with Crippen molar-refractivity contribution in [2.45, 2.75) is 6.42 Å². The van der Waals surface area contributed by atoms with Crippen molar-refractivity contribution in [1.29, 1.82) is 0 Å². The zero-order valence-electron chi connectivity index (χ0n) is 11.5. The van der Waals surface area contributed by atoms with Crippen molar-refractivity contribution in [3.05, 3.63) is 23.2 Å². The molecule has 0 bridgehead atoms. The summed E-state index contributed by atoms with van der Waals surface area (Å²) >= 11 is 6.02. The Labute approximate surface area is 127 Å². The number of para-hydroxylation sites is 1. The van der Waals surface area contributed by atoms with Crippen LogP contribution in [-0.4, -0.2) is 44.0 Å². The van der Waals surface area contributed by atoms with E-state index >= 15 is 0 Å². The van der Waals surface area contributed by atoms with Crippen LogP contribution in [0, 0.1) is 0 Å². The van der Waals surface area contributed by atoms with E-state index in [-0.39, 0.29) is 19.6 Å². The molecular weight excluding hydrogens is 300 g/mol. The van der Waals surface area contributed by atoms with Crippen molar-refractivity contribution >= 4 is 29.3 Å². The summed E-state index contributed by atoms with van der Waals surface area (Å²) in [5.74, 6) is -0.647. The van der Waals surface area contributed by atoms with Crippen LogP contribution in [0.15, 0.2) is 18.2 Å². The highest BCUT2D eigenvalue weighted by Crippen LogP contribution is 2.32. The maximum absolute atomic E-state index is 11.6. The lowest BCUT2D eigenvalue weighted by atomic mass is 10.3. The number of hydrogen-bond donors (Lipinski definition) is 3. The molecule has 2 amide bonds. The summed E-state index contributed by atoms with van der Waals surface area (Å²) in [6.45, 7) is 0.701. The monoisotopic (exact) mass is 316 g/mol. The van der Waals surface area contributed by atoms with Crippen LogP contribution in [0.2, 0.25) is 5.02 Å². The second-order valence-electron chi connectivity index (χ2n) is 3.98. The second-order valence-corrected chi connectivity index (χ2v) is 4.39. The predicted molar refractivity (Wildman–Crippen MR) is 78.1 cm³/mol. The van der Waals surface area contributed by atoms with Gasteiger partial charge in [0.25, 0.3) is 0 Å². The van der Waals surface area contributed by atoms with E-state index in [2.05, 4.69) is 10.6 Å². The number of aliphatic carboxylic acids is 1. The maximum atomic E-state index is 11.6. The zero-order valence-corrected chi connectivity index (χ0v) is 12.3. The first-order valence-electron chi connectivity index (χ1n) is 6.21. The van der Waals surface area contributed by atoms with Crippen LogP contribution in [0.5, 0.6) is 5.75 Å². The summed E-state index contributed by atoms with van der Waals surface area (Å²) in [5, 5.41) is 13.8. The molecule has 1 aromatic carbocycles. The molecule has 0 aromatic heterocycles. The quantitative estimate of drug-likeness (QED) is 0.637. The number of carbonyl (C=O) groups is 2. The number of halogens is 1. The standard InChI is InChI=1S/C13H17ClN2O5/c1-20-7-8-21-12-9(14)3-2-4-10(12)16-13(19)15-6-5-11(17)18/h2-4H,5-8H2,1H3,(H,17,18)(H2,15,16,19). The highest BCUT2D eigenvalue weighted by Gasteiger charge is 2.11. The number of hydrogen-bond acceptors (Lipinski definition) is 4. The summed E-state index contributed by atoms with van der Waals surface area (Å²) < 4.78 is 10.3. The number of anilines is 1. The number of urea groups is 1. The van der Waals surface area contributed by atoms with Gasteiger partial charge in [0, 0.05) is 13.7 Å². The molecule has 0 unspecified atom stereocenters. The third-order valence-corrected chi connectivity index (χ3v) is 2.67. The summed E-state index contributed by atoms with van der Waals surface area (Å²) in [7, 11) is 1.55. The van der Waals surface area contributed by atoms with Gasteiger partial charge >= 0.3 is 12.0 Å². The number of carboxylic acids is 1. The molecule has 1 aromatic rings. The van der Waals surface area contributed by atoms with Gasteiger partial charge in [-0.2, -0.15) is 0 Å². The lowest BCUT2D eigenvalue weighted by Gasteiger charge is -2.14. The largest absolute Gasteiger partial charge is 0.487 e. The Morgan fingerprint density at radius 2 is 2.10 bits per heavy atom. The van der Waals surface area contributed by atoms with Gasteiger partial charge in [-0.25, -0.2) is 4.79 Å². The average Bonchev–Trinajstić information content (AvgIpc) is 2.41. The first-order valence-corrected chi connectivity index (χ1v) is 6.59. The minimum atomic E-state index is -0.985. The summed E-state index contributed by atoms with van der Waals surface area (Å²) in [6, 6.07) is 4.40. The van der Waals surface area contributed by atoms with Crippen LogP contribution in [0.4, 0.5) is 10.5 Å². The number of rotatable bonds is 8. The number of carbonyl (C=O) groups excluding carboxylic acids is 1. The van der Waals surface area contributed by atoms with Crippen LogP contribution in [0.25, 0.3) is 0 Å². The van der Waals surface area contributed by atoms with Gasteiger partial charge in [-0.1, -0.05) is 17.7 Å². The highest BCUT2D eigenvalue weighted by atomic mass is 35.5. The Morgan fingerprint density at radius 3 is 2.76 bits per heavy atom. The Balaban J connectivity index is 2.62. The molecule has 0 atom stereocenters. The third kappa shape index (κ3) is 6.33. The van der Waals surface area contributed by atoms with E-state index in [1.807, 2.05) is 0 Å². The van der Waals surface area contributed by atoms with Crippen LogP contribution in [0.3, 0.4) is 0 Å². The maximum Gasteiger partial charge on any atom is 0.319 e. The smallest absolute Gasteiger partial charge is 0.319 e. The van der Waals surface area contributed by atoms with E-state index in [4.69, 9.17) is 26.2 Å². The van der Waals surface area contributed by atoms with E-state index in [1.165, 1.54) is 0 Å². The fraction of sp³-hybridized carbons (Fsp3) is 0.385. The Hall–Kier alpha value is -1.99. The third-order valence-electron chi connectivity index (χ3n) is 2.37. The molecule has 3 N–H and O–H groups in total. The van der Waals surface area contributed by atoms with Crippen molar-refractivity contribution in [2.75, 3.05) is 32.2 Å². The molecule has 8 heteroatoms. The van der Waals surface area contributed by atoms with Gasteiger partial charge in [0.15, 0.2) is 5.75 Å². The average molecular weight is 317 g/mol. The number of carboxylic acid groups (broad SMARTS) is 1. The molecule has 0 saturated heterocycles. The fourth-order valence-electron chi connectivity index (χ4n) is 1.43. The molecule has 0 saturated carbocycles. The molecule has 7 nitrogen and oxygen atoms in total. The molecule has 21 heavy (non-hydrogen) atoms. The van der Waals surface area contributed by atoms with Crippen molar-refractivity contribution in [1.82, 2.24) is 5.32 Å². The van der Waals surface area contributed by atoms with Gasteiger partial charge in [-0.15, -0.1) is 0 Å². The van der Waals surface area contributed by atoms with Crippen molar-refractivity contribution < 1.29 is 24.2 Å². The number of amides is 2. The van der Waals surface area contributed by atoms with Gasteiger partial charge in [0.2, 0.25) is 0 Å². The molecule has 0 heterocycles. The topological polar surface area (TPSA) is 96.9 Å². The first kappa shape index (κ1) is 17.1. The number of benzene rings is 1. The SMILES string of the molecule is COCCOc1c(Cl)cccc1NC(=O)NCCC(=O)O. The molecular formula is C13H17ClN2O5. The highest BCUT2D eigenvalue weighted by molar-refractivity contribution is 6.32. The first-order chi connectivity index (χ1) is 10.0. The molecule has 0 aliphatic heterocycles. The van der Waals surface area contributed by atoms with Crippen LogP contribution in [0.1, 0.15) is 6.42 Å². The van der Waals surface area contributed by atoms with E-state index in [0.29, 0.717) is 23.1 Å². The van der Waals surface area contributed by atoms with Crippen molar-refractivity contribution in [3.63, 3.8) is 0 Å². The van der Waals surface area contributed by atoms with E-state index in [0.717, 1.165) is 0 Å². The summed E-state index contributed by atoms with van der Waals surface area (Å²) in [6.07, 6.45) is -0.153. The molecule has 1 rings (SSSR count). The van der Waals surface area contributed by atoms with Crippen LogP contribution >= 0.6 is 11.6 Å². The molecule has 0 aliphatic carbocycles. The minimum Gasteiger partial charge on any atom is -0.487 e. The zero-order chi connectivity index (χ0) is 15.7. The van der Waals surface area contributed by atoms with Gasteiger partial charge in [0.05, 0.1) is 23.7 Å². The Bertz CT molecular complexity index is 495. The molecule has 0 aliphatic rings. The molecule has 0 fully saturated rings. The van der Waals surface area contributed by atoms with Crippen molar-refractivity contribution in [3.8, 4) is 5.75 Å². The molecule has 116 valence electrons. The van der Waals surface area contributed by atoms with Crippen LogP contribution in [-0.2, 0) is 9.53 Å². The van der Waals surface area contributed by atoms with Gasteiger partial charge in [-0.3, -0.25) is 4.79 Å². The minimum absolute atomic E-state index is 0.0294. The predicted octanol–water partition coefficient (Wildman–Crippen LogP) is 1.96. The number of ether oxygens (including phenoxy) is 2. The summed E-state index contributed by atoms with van der Waals surface area (Å²) in [5.41, 5.74) is 0.395.